The number of pyridine rings is 1. The van der Waals surface area contributed by atoms with Crippen LogP contribution in [0.1, 0.15) is 89.2 Å². The maximum Gasteiger partial charge on any atom is 0.261 e. The Balaban J connectivity index is 1.79. The lowest BCUT2D eigenvalue weighted by molar-refractivity contribution is 0.122. The van der Waals surface area contributed by atoms with E-state index in [1.807, 2.05) is 4.57 Å². The summed E-state index contributed by atoms with van der Waals surface area (Å²) >= 11 is 0. The first-order valence-electron chi connectivity index (χ1n) is 11.6. The molecule has 0 aromatic carbocycles. The topological polar surface area (TPSA) is 106 Å². The van der Waals surface area contributed by atoms with Crippen LogP contribution in [-0.2, 0) is 0 Å². The van der Waals surface area contributed by atoms with Crippen LogP contribution in [0, 0.1) is 0 Å². The van der Waals surface area contributed by atoms with Gasteiger partial charge in [0.15, 0.2) is 0 Å². The van der Waals surface area contributed by atoms with Crippen LogP contribution in [0.4, 0.5) is 5.95 Å². The van der Waals surface area contributed by atoms with Gasteiger partial charge >= 0.3 is 0 Å². The fourth-order valence-electron chi connectivity index (χ4n) is 4.90. The van der Waals surface area contributed by atoms with Crippen LogP contribution in [0.5, 0.6) is 0 Å². The van der Waals surface area contributed by atoms with Gasteiger partial charge in [-0.05, 0) is 76.2 Å². The molecule has 0 saturated heterocycles. The third-order valence-corrected chi connectivity index (χ3v) is 7.06. The zero-order valence-corrected chi connectivity index (χ0v) is 18.2. The highest BCUT2D eigenvalue weighted by atomic mass is 16.3. The fourth-order valence-corrected chi connectivity index (χ4v) is 4.90. The van der Waals surface area contributed by atoms with Gasteiger partial charge in [0.25, 0.3) is 5.56 Å². The second-order valence-corrected chi connectivity index (χ2v) is 9.28. The first-order chi connectivity index (χ1) is 14.5. The SMILES string of the molecule is CC[C@H](C)Nc1ncc2c(=O)n(C3CCC(N)CC3)cc(C3CCC(O)CC3)c2n1. The number of nitrogens with one attached hydrogen (secondary N) is 1. The summed E-state index contributed by atoms with van der Waals surface area (Å²) in [6, 6.07) is 0.698. The summed E-state index contributed by atoms with van der Waals surface area (Å²) in [5.41, 5.74) is 7.99. The van der Waals surface area contributed by atoms with E-state index in [2.05, 4.69) is 30.3 Å². The minimum atomic E-state index is -0.212. The number of rotatable bonds is 5. The number of fused-ring (bicyclic) bond motifs is 1. The molecule has 2 heterocycles. The molecule has 7 nitrogen and oxygen atoms in total. The van der Waals surface area contributed by atoms with Crippen molar-refractivity contribution in [2.45, 2.75) is 102 Å². The molecule has 4 N–H and O–H groups in total. The van der Waals surface area contributed by atoms with Crippen LogP contribution >= 0.6 is 0 Å². The minimum Gasteiger partial charge on any atom is -0.393 e. The number of hydrogen-bond acceptors (Lipinski definition) is 6. The summed E-state index contributed by atoms with van der Waals surface area (Å²) in [5.74, 6) is 0.884. The van der Waals surface area contributed by atoms with Crippen LogP contribution in [-0.4, -0.2) is 37.8 Å². The van der Waals surface area contributed by atoms with Gasteiger partial charge in [-0.3, -0.25) is 4.79 Å². The van der Waals surface area contributed by atoms with Gasteiger partial charge in [-0.2, -0.15) is 0 Å². The minimum absolute atomic E-state index is 0.000144. The molecular formula is C23H35N5O2. The average Bonchev–Trinajstić information content (AvgIpc) is 2.75. The Morgan fingerprint density at radius 3 is 2.57 bits per heavy atom. The first-order valence-corrected chi connectivity index (χ1v) is 11.6. The third kappa shape index (κ3) is 4.37. The molecule has 0 amide bonds. The summed E-state index contributed by atoms with van der Waals surface area (Å²) in [4.78, 5) is 22.6. The van der Waals surface area contributed by atoms with Crippen molar-refractivity contribution < 1.29 is 5.11 Å². The van der Waals surface area contributed by atoms with E-state index >= 15 is 0 Å². The number of anilines is 1. The van der Waals surface area contributed by atoms with Gasteiger partial charge in [-0.15, -0.1) is 0 Å². The van der Waals surface area contributed by atoms with E-state index in [1.165, 1.54) is 0 Å². The van der Waals surface area contributed by atoms with E-state index in [0.717, 1.165) is 68.9 Å². The average molecular weight is 414 g/mol. The van der Waals surface area contributed by atoms with E-state index < -0.39 is 0 Å². The predicted molar refractivity (Wildman–Crippen MR) is 120 cm³/mol. The molecule has 2 aromatic rings. The van der Waals surface area contributed by atoms with Crippen molar-refractivity contribution in [3.63, 3.8) is 0 Å². The van der Waals surface area contributed by atoms with Crippen LogP contribution in [0.3, 0.4) is 0 Å². The zero-order chi connectivity index (χ0) is 21.3. The molecule has 0 spiro atoms. The molecule has 1 atom stereocenters. The highest BCUT2D eigenvalue weighted by molar-refractivity contribution is 5.81. The van der Waals surface area contributed by atoms with E-state index in [9.17, 15) is 9.90 Å². The van der Waals surface area contributed by atoms with E-state index in [1.54, 1.807) is 6.20 Å². The molecule has 2 aliphatic carbocycles. The van der Waals surface area contributed by atoms with Crippen molar-refractivity contribution in [1.29, 1.82) is 0 Å². The number of aromatic nitrogens is 3. The molecule has 0 bridgehead atoms. The van der Waals surface area contributed by atoms with Crippen molar-refractivity contribution >= 4 is 16.9 Å². The summed E-state index contributed by atoms with van der Waals surface area (Å²) in [6.45, 7) is 4.22. The van der Waals surface area contributed by atoms with Crippen LogP contribution in [0.25, 0.3) is 10.9 Å². The zero-order valence-electron chi connectivity index (χ0n) is 18.2. The summed E-state index contributed by atoms with van der Waals surface area (Å²) in [6.07, 6.45) is 11.7. The lowest BCUT2D eigenvalue weighted by atomic mass is 9.82. The second kappa shape index (κ2) is 9.02. The van der Waals surface area contributed by atoms with E-state index in [-0.39, 0.29) is 29.8 Å². The van der Waals surface area contributed by atoms with E-state index in [4.69, 9.17) is 10.7 Å². The van der Waals surface area contributed by atoms with Crippen LogP contribution in [0.2, 0.25) is 0 Å². The Bertz CT molecular complexity index is 927. The molecule has 2 aliphatic rings. The van der Waals surface area contributed by atoms with Gasteiger partial charge in [-0.1, -0.05) is 6.92 Å². The molecule has 0 radical (unpaired) electrons. The largest absolute Gasteiger partial charge is 0.393 e. The third-order valence-electron chi connectivity index (χ3n) is 7.06. The van der Waals surface area contributed by atoms with Crippen molar-refractivity contribution in [3.05, 3.63) is 28.3 Å². The summed E-state index contributed by atoms with van der Waals surface area (Å²) < 4.78 is 1.93. The van der Waals surface area contributed by atoms with Crippen LogP contribution < -0.4 is 16.6 Å². The van der Waals surface area contributed by atoms with Gasteiger partial charge in [0.1, 0.15) is 0 Å². The van der Waals surface area contributed by atoms with Gasteiger partial charge < -0.3 is 20.7 Å². The predicted octanol–water partition coefficient (Wildman–Crippen LogP) is 3.46. The van der Waals surface area contributed by atoms with Gasteiger partial charge in [0.05, 0.1) is 17.0 Å². The summed E-state index contributed by atoms with van der Waals surface area (Å²) in [5, 5.41) is 13.9. The smallest absolute Gasteiger partial charge is 0.261 e. The van der Waals surface area contributed by atoms with Gasteiger partial charge in [0.2, 0.25) is 5.95 Å². The quantitative estimate of drug-likeness (QED) is 0.693. The number of hydrogen-bond donors (Lipinski definition) is 3. The van der Waals surface area contributed by atoms with Crippen molar-refractivity contribution in [2.75, 3.05) is 5.32 Å². The maximum absolute atomic E-state index is 13.4. The van der Waals surface area contributed by atoms with Crippen molar-refractivity contribution in [2.24, 2.45) is 5.73 Å². The molecule has 164 valence electrons. The molecule has 30 heavy (non-hydrogen) atoms. The molecular weight excluding hydrogens is 378 g/mol. The molecule has 2 aromatic heterocycles. The number of aliphatic hydroxyl groups excluding tert-OH is 1. The highest BCUT2D eigenvalue weighted by Gasteiger charge is 2.27. The normalized spacial score (nSPS) is 28.4. The van der Waals surface area contributed by atoms with Gasteiger partial charge in [0, 0.05) is 30.5 Å². The lowest BCUT2D eigenvalue weighted by Gasteiger charge is -2.30. The summed E-state index contributed by atoms with van der Waals surface area (Å²) in [7, 11) is 0. The van der Waals surface area contributed by atoms with Crippen molar-refractivity contribution in [1.82, 2.24) is 14.5 Å². The monoisotopic (exact) mass is 413 g/mol. The lowest BCUT2D eigenvalue weighted by Crippen LogP contribution is -2.33. The van der Waals surface area contributed by atoms with E-state index in [0.29, 0.717) is 17.3 Å². The van der Waals surface area contributed by atoms with Gasteiger partial charge in [-0.25, -0.2) is 9.97 Å². The maximum atomic E-state index is 13.4. The number of nitrogens with two attached hydrogens (primary N) is 1. The number of aliphatic hydroxyl groups is 1. The molecule has 0 aliphatic heterocycles. The molecule has 4 rings (SSSR count). The highest BCUT2D eigenvalue weighted by Crippen LogP contribution is 2.36. The number of nitrogens with zero attached hydrogens (tertiary/aromatic N) is 3. The standard InChI is InChI=1S/C23H35N5O2/c1-3-14(2)26-23-25-12-19-21(27-23)20(15-4-10-18(29)11-5-15)13-28(22(19)30)17-8-6-16(24)7-9-17/h12-18,29H,3-11,24H2,1-2H3,(H,25,26,27)/t14-,15?,16?,17?,18?/m0/s1. The van der Waals surface area contributed by atoms with Crippen LogP contribution in [0.15, 0.2) is 17.2 Å². The Morgan fingerprint density at radius 2 is 1.90 bits per heavy atom. The first kappa shape index (κ1) is 21.2. The molecule has 2 saturated carbocycles. The fraction of sp³-hybridized carbons (Fsp3) is 0.696. The molecule has 2 fully saturated rings. The molecule has 7 heteroatoms. The Labute approximate surface area is 178 Å². The Morgan fingerprint density at radius 1 is 1.20 bits per heavy atom. The Hall–Kier alpha value is -1.99. The molecule has 0 unspecified atom stereocenters. The Kier molecular flexibility index (Phi) is 6.39. The second-order valence-electron chi connectivity index (χ2n) is 9.28. The van der Waals surface area contributed by atoms with Crippen molar-refractivity contribution in [3.8, 4) is 0 Å².